The van der Waals surface area contributed by atoms with Crippen LogP contribution in [0.3, 0.4) is 0 Å². The summed E-state index contributed by atoms with van der Waals surface area (Å²) in [4.78, 5) is 0. The van der Waals surface area contributed by atoms with E-state index in [1.165, 1.54) is 37.9 Å². The molecule has 0 N–H and O–H groups in total. The van der Waals surface area contributed by atoms with Gasteiger partial charge in [0.1, 0.15) is 18.2 Å². The van der Waals surface area contributed by atoms with Crippen LogP contribution in [0, 0.1) is 6.92 Å². The predicted molar refractivity (Wildman–Crippen MR) is 120 cm³/mol. The molecule has 0 saturated heterocycles. The molecule has 6 aromatic rings. The van der Waals surface area contributed by atoms with Gasteiger partial charge in [-0.3, -0.25) is 0 Å². The van der Waals surface area contributed by atoms with Crippen molar-refractivity contribution in [1.82, 2.24) is 0 Å². The predicted octanol–water partition coefficient (Wildman–Crippen LogP) is 6.69. The van der Waals surface area contributed by atoms with Gasteiger partial charge in [0.05, 0.1) is 5.56 Å². The van der Waals surface area contributed by atoms with E-state index in [1.807, 2.05) is 0 Å². The summed E-state index contributed by atoms with van der Waals surface area (Å²) in [6.07, 6.45) is 2.08. The summed E-state index contributed by atoms with van der Waals surface area (Å²) < 4.78 is 8.67. The average Bonchev–Trinajstić information content (AvgIpc) is 3.13. The summed E-state index contributed by atoms with van der Waals surface area (Å²) >= 11 is 0. The van der Waals surface area contributed by atoms with Crippen molar-refractivity contribution < 1.29 is 8.98 Å². The number of fused-ring (bicyclic) bond motifs is 7. The largest absolute Gasteiger partial charge is 0.455 e. The molecule has 0 bridgehead atoms. The van der Waals surface area contributed by atoms with Gasteiger partial charge in [0.15, 0.2) is 6.20 Å². The van der Waals surface area contributed by atoms with Crippen LogP contribution < -0.4 is 4.57 Å². The molecule has 29 heavy (non-hydrogen) atoms. The van der Waals surface area contributed by atoms with Crippen LogP contribution in [-0.4, -0.2) is 0 Å². The zero-order chi connectivity index (χ0) is 19.5. The minimum Gasteiger partial charge on any atom is -0.455 e. The number of aromatic nitrogens is 1. The van der Waals surface area contributed by atoms with Gasteiger partial charge in [-0.1, -0.05) is 54.6 Å². The van der Waals surface area contributed by atoms with Gasteiger partial charge in [-0.2, -0.15) is 0 Å². The van der Waals surface area contributed by atoms with Crippen LogP contribution in [0.4, 0.5) is 0 Å². The van der Waals surface area contributed by atoms with Gasteiger partial charge in [0.2, 0.25) is 5.69 Å². The second-order valence-electron chi connectivity index (χ2n) is 7.76. The maximum Gasteiger partial charge on any atom is 0.216 e. The summed E-state index contributed by atoms with van der Waals surface area (Å²) in [5.74, 6) is 0. The molecule has 0 amide bonds. The van der Waals surface area contributed by atoms with Gasteiger partial charge >= 0.3 is 0 Å². The minimum absolute atomic E-state index is 0.939. The van der Waals surface area contributed by atoms with Gasteiger partial charge in [-0.25, -0.2) is 4.57 Å². The van der Waals surface area contributed by atoms with E-state index in [4.69, 9.17) is 4.42 Å². The summed E-state index contributed by atoms with van der Waals surface area (Å²) in [6.45, 7) is 2.16. The molecule has 138 valence electrons. The number of hydrogen-bond acceptors (Lipinski definition) is 1. The van der Waals surface area contributed by atoms with Crippen LogP contribution in [0.1, 0.15) is 5.56 Å². The van der Waals surface area contributed by atoms with Crippen molar-refractivity contribution >= 4 is 43.5 Å². The van der Waals surface area contributed by atoms with Crippen LogP contribution in [0.15, 0.2) is 89.5 Å². The lowest BCUT2D eigenvalue weighted by atomic mass is 9.95. The highest BCUT2D eigenvalue weighted by Gasteiger charge is 2.21. The zero-order valence-corrected chi connectivity index (χ0v) is 16.4. The molecule has 0 aliphatic carbocycles. The minimum atomic E-state index is 0.939. The molecule has 2 heteroatoms. The van der Waals surface area contributed by atoms with E-state index in [0.717, 1.165) is 22.4 Å². The summed E-state index contributed by atoms with van der Waals surface area (Å²) in [5.41, 5.74) is 5.43. The molecular formula is C27H20NO+. The summed E-state index contributed by atoms with van der Waals surface area (Å²) in [5, 5.41) is 7.41. The molecule has 6 rings (SSSR count). The van der Waals surface area contributed by atoms with E-state index in [9.17, 15) is 0 Å². The fourth-order valence-corrected chi connectivity index (χ4v) is 4.63. The first-order chi connectivity index (χ1) is 14.2. The second-order valence-corrected chi connectivity index (χ2v) is 7.76. The monoisotopic (exact) mass is 374 g/mol. The molecule has 0 fully saturated rings. The van der Waals surface area contributed by atoms with Crippen LogP contribution in [0.25, 0.3) is 54.7 Å². The van der Waals surface area contributed by atoms with Crippen LogP contribution in [0.2, 0.25) is 0 Å². The number of rotatable bonds is 1. The molecule has 4 aromatic carbocycles. The molecular weight excluding hydrogens is 354 g/mol. The molecule has 0 aliphatic rings. The standard InChI is InChI=1S/C27H20NO/c1-17-10-14-21-26-23(29-27(21)24(17)22-9-5-6-16-28(22)2)15-13-19-12-11-18-7-3-4-8-20(18)25(19)26/h3-16H,1-2H3/q+1. The third-order valence-corrected chi connectivity index (χ3v) is 6.03. The lowest BCUT2D eigenvalue weighted by Crippen LogP contribution is -2.30. The molecule has 0 saturated carbocycles. The Balaban J connectivity index is 1.85. The van der Waals surface area contributed by atoms with E-state index in [1.54, 1.807) is 0 Å². The zero-order valence-electron chi connectivity index (χ0n) is 16.4. The number of pyridine rings is 1. The van der Waals surface area contributed by atoms with E-state index in [-0.39, 0.29) is 0 Å². The van der Waals surface area contributed by atoms with E-state index >= 15 is 0 Å². The first-order valence-corrected chi connectivity index (χ1v) is 9.94. The SMILES string of the molecule is Cc1ccc2c(oc3ccc4ccc5ccccc5c4c32)c1-c1cccc[n+]1C. The van der Waals surface area contributed by atoms with Crippen molar-refractivity contribution in [1.29, 1.82) is 0 Å². The number of hydrogen-bond donors (Lipinski definition) is 0. The summed E-state index contributed by atoms with van der Waals surface area (Å²) in [7, 11) is 2.08. The Bertz CT molecular complexity index is 1570. The Kier molecular flexibility index (Phi) is 3.33. The van der Waals surface area contributed by atoms with Crippen molar-refractivity contribution in [2.45, 2.75) is 6.92 Å². The van der Waals surface area contributed by atoms with E-state index < -0.39 is 0 Å². The van der Waals surface area contributed by atoms with Crippen molar-refractivity contribution in [2.75, 3.05) is 0 Å². The fraction of sp³-hybridized carbons (Fsp3) is 0.0741. The Morgan fingerprint density at radius 1 is 0.690 bits per heavy atom. The van der Waals surface area contributed by atoms with Gasteiger partial charge < -0.3 is 4.42 Å². The van der Waals surface area contributed by atoms with Crippen molar-refractivity contribution in [2.24, 2.45) is 7.05 Å². The Hall–Kier alpha value is -3.65. The number of aryl methyl sites for hydroxylation is 2. The molecule has 0 unspecified atom stereocenters. The molecule has 2 aromatic heterocycles. The average molecular weight is 374 g/mol. The molecule has 2 nitrogen and oxygen atoms in total. The van der Waals surface area contributed by atoms with Gasteiger partial charge in [-0.05, 0) is 40.8 Å². The number of furan rings is 1. The topological polar surface area (TPSA) is 17.0 Å². The highest BCUT2D eigenvalue weighted by atomic mass is 16.3. The first kappa shape index (κ1) is 16.3. The lowest BCUT2D eigenvalue weighted by molar-refractivity contribution is -0.660. The van der Waals surface area contributed by atoms with Crippen LogP contribution in [0.5, 0.6) is 0 Å². The van der Waals surface area contributed by atoms with Gasteiger partial charge in [-0.15, -0.1) is 0 Å². The summed E-state index contributed by atoms with van der Waals surface area (Å²) in [6, 6.07) is 28.0. The van der Waals surface area contributed by atoms with Crippen LogP contribution in [-0.2, 0) is 7.05 Å². The first-order valence-electron chi connectivity index (χ1n) is 9.94. The number of benzene rings is 4. The van der Waals surface area contributed by atoms with Crippen molar-refractivity contribution in [3.05, 3.63) is 90.6 Å². The molecule has 0 radical (unpaired) electrons. The third-order valence-electron chi connectivity index (χ3n) is 6.03. The molecule has 2 heterocycles. The molecule has 0 atom stereocenters. The second kappa shape index (κ2) is 5.92. The smallest absolute Gasteiger partial charge is 0.216 e. The maximum absolute atomic E-state index is 6.52. The number of nitrogens with zero attached hydrogens (tertiary/aromatic N) is 1. The quantitative estimate of drug-likeness (QED) is 0.231. The highest BCUT2D eigenvalue weighted by Crippen LogP contribution is 2.41. The lowest BCUT2D eigenvalue weighted by Gasteiger charge is -2.06. The van der Waals surface area contributed by atoms with E-state index in [0.29, 0.717) is 0 Å². The van der Waals surface area contributed by atoms with Crippen molar-refractivity contribution in [3.63, 3.8) is 0 Å². The third kappa shape index (κ3) is 2.26. The molecule has 0 aliphatic heterocycles. The molecule has 0 spiro atoms. The fourth-order valence-electron chi connectivity index (χ4n) is 4.63. The van der Waals surface area contributed by atoms with Gasteiger partial charge in [0, 0.05) is 28.3 Å². The Morgan fingerprint density at radius 3 is 2.38 bits per heavy atom. The Morgan fingerprint density at radius 2 is 1.48 bits per heavy atom. The van der Waals surface area contributed by atoms with E-state index in [2.05, 4.69) is 104 Å². The maximum atomic E-state index is 6.52. The highest BCUT2D eigenvalue weighted by molar-refractivity contribution is 6.27. The van der Waals surface area contributed by atoms with Gasteiger partial charge in [0.25, 0.3) is 0 Å². The Labute approximate surface area is 168 Å². The van der Waals surface area contributed by atoms with Crippen molar-refractivity contribution in [3.8, 4) is 11.3 Å². The van der Waals surface area contributed by atoms with Crippen LogP contribution >= 0.6 is 0 Å². The normalized spacial score (nSPS) is 11.8.